The van der Waals surface area contributed by atoms with Gasteiger partial charge in [0.1, 0.15) is 18.7 Å². The lowest BCUT2D eigenvalue weighted by Gasteiger charge is -2.18. The van der Waals surface area contributed by atoms with Crippen LogP contribution in [0.2, 0.25) is 0 Å². The van der Waals surface area contributed by atoms with Crippen LogP contribution in [-0.4, -0.2) is 28.2 Å². The van der Waals surface area contributed by atoms with Crippen LogP contribution in [0.25, 0.3) is 10.9 Å². The lowest BCUT2D eigenvalue weighted by molar-refractivity contribution is 0.172. The first-order valence-corrected chi connectivity index (χ1v) is 7.43. The zero-order chi connectivity index (χ0) is 15.8. The second-order valence-electron chi connectivity index (χ2n) is 5.55. The Morgan fingerprint density at radius 2 is 1.78 bits per heavy atom. The van der Waals surface area contributed by atoms with Gasteiger partial charge in [-0.25, -0.2) is 4.68 Å². The third-order valence-corrected chi connectivity index (χ3v) is 3.84. The predicted molar refractivity (Wildman–Crippen MR) is 85.1 cm³/mol. The summed E-state index contributed by atoms with van der Waals surface area (Å²) in [5.41, 5.74) is 2.50. The summed E-state index contributed by atoms with van der Waals surface area (Å²) in [6.45, 7) is 3.39. The first kappa shape index (κ1) is 13.8. The standard InChI is InChI=1S/C17H15N3O3/c1-11-2-4-12(5-3-11)10-20-17(21)13-8-15-16(23-7-6-22-15)9-14(13)18-19-20/h2-5,8-9H,6-7,10H2,1H3. The fourth-order valence-electron chi connectivity index (χ4n) is 2.58. The Morgan fingerprint density at radius 3 is 2.52 bits per heavy atom. The van der Waals surface area contributed by atoms with Crippen LogP contribution in [-0.2, 0) is 6.54 Å². The Kier molecular flexibility index (Phi) is 3.22. The molecule has 116 valence electrons. The van der Waals surface area contributed by atoms with E-state index in [2.05, 4.69) is 10.3 Å². The number of fused-ring (bicyclic) bond motifs is 2. The molecule has 6 heteroatoms. The van der Waals surface area contributed by atoms with E-state index in [1.807, 2.05) is 31.2 Å². The maximum absolute atomic E-state index is 12.6. The smallest absolute Gasteiger partial charge is 0.278 e. The third-order valence-electron chi connectivity index (χ3n) is 3.84. The molecular weight excluding hydrogens is 294 g/mol. The lowest BCUT2D eigenvalue weighted by atomic mass is 10.1. The molecule has 0 spiro atoms. The molecule has 0 radical (unpaired) electrons. The molecule has 23 heavy (non-hydrogen) atoms. The Labute approximate surface area is 132 Å². The Hall–Kier alpha value is -2.89. The van der Waals surface area contributed by atoms with Crippen molar-refractivity contribution in [2.75, 3.05) is 13.2 Å². The van der Waals surface area contributed by atoms with Gasteiger partial charge in [0.25, 0.3) is 5.56 Å². The average molecular weight is 309 g/mol. The van der Waals surface area contributed by atoms with Gasteiger partial charge in [0.05, 0.1) is 11.9 Å². The molecule has 4 rings (SSSR count). The maximum atomic E-state index is 12.6. The highest BCUT2D eigenvalue weighted by atomic mass is 16.6. The van der Waals surface area contributed by atoms with E-state index < -0.39 is 0 Å². The summed E-state index contributed by atoms with van der Waals surface area (Å²) in [5.74, 6) is 1.18. The van der Waals surface area contributed by atoms with Gasteiger partial charge in [-0.2, -0.15) is 0 Å². The summed E-state index contributed by atoms with van der Waals surface area (Å²) in [4.78, 5) is 12.6. The van der Waals surface area contributed by atoms with Crippen molar-refractivity contribution in [2.45, 2.75) is 13.5 Å². The van der Waals surface area contributed by atoms with E-state index >= 15 is 0 Å². The number of nitrogens with zero attached hydrogens (tertiary/aromatic N) is 3. The van der Waals surface area contributed by atoms with Gasteiger partial charge in [-0.05, 0) is 18.6 Å². The summed E-state index contributed by atoms with van der Waals surface area (Å²) in [6.07, 6.45) is 0. The highest BCUT2D eigenvalue weighted by Gasteiger charge is 2.16. The van der Waals surface area contributed by atoms with Crippen LogP contribution in [0.4, 0.5) is 0 Å². The van der Waals surface area contributed by atoms with Crippen LogP contribution in [0, 0.1) is 6.92 Å². The number of hydrogen-bond donors (Lipinski definition) is 0. The van der Waals surface area contributed by atoms with Crippen molar-refractivity contribution in [1.29, 1.82) is 0 Å². The van der Waals surface area contributed by atoms with Gasteiger partial charge >= 0.3 is 0 Å². The van der Waals surface area contributed by atoms with Crippen molar-refractivity contribution < 1.29 is 9.47 Å². The van der Waals surface area contributed by atoms with Crippen molar-refractivity contribution in [1.82, 2.24) is 15.0 Å². The van der Waals surface area contributed by atoms with E-state index in [0.717, 1.165) is 5.56 Å². The number of benzene rings is 2. The first-order valence-electron chi connectivity index (χ1n) is 7.43. The van der Waals surface area contributed by atoms with Gasteiger partial charge < -0.3 is 9.47 Å². The predicted octanol–water partition coefficient (Wildman–Crippen LogP) is 1.92. The maximum Gasteiger partial charge on any atom is 0.278 e. The number of aromatic nitrogens is 3. The van der Waals surface area contributed by atoms with Crippen molar-refractivity contribution in [3.8, 4) is 11.5 Å². The average Bonchev–Trinajstić information content (AvgIpc) is 2.58. The molecule has 0 atom stereocenters. The summed E-state index contributed by atoms with van der Waals surface area (Å²) < 4.78 is 12.4. The summed E-state index contributed by atoms with van der Waals surface area (Å²) in [7, 11) is 0. The quantitative estimate of drug-likeness (QED) is 0.723. The molecule has 1 aliphatic rings. The van der Waals surface area contributed by atoms with Crippen molar-refractivity contribution in [2.24, 2.45) is 0 Å². The fourth-order valence-corrected chi connectivity index (χ4v) is 2.58. The highest BCUT2D eigenvalue weighted by molar-refractivity contribution is 5.81. The van der Waals surface area contributed by atoms with E-state index in [0.29, 0.717) is 42.2 Å². The largest absolute Gasteiger partial charge is 0.486 e. The third kappa shape index (κ3) is 2.52. The van der Waals surface area contributed by atoms with E-state index in [1.165, 1.54) is 10.2 Å². The molecule has 0 aliphatic carbocycles. The number of hydrogen-bond acceptors (Lipinski definition) is 5. The topological polar surface area (TPSA) is 66.2 Å². The van der Waals surface area contributed by atoms with Crippen LogP contribution >= 0.6 is 0 Å². The highest BCUT2D eigenvalue weighted by Crippen LogP contribution is 2.32. The molecule has 1 aromatic heterocycles. The Bertz CT molecular complexity index is 932. The van der Waals surface area contributed by atoms with Gasteiger partial charge in [0.2, 0.25) is 0 Å². The molecule has 0 unspecified atom stereocenters. The SMILES string of the molecule is Cc1ccc(Cn2nnc3cc4c(cc3c2=O)OCCO4)cc1. The minimum Gasteiger partial charge on any atom is -0.486 e. The van der Waals surface area contributed by atoms with E-state index in [1.54, 1.807) is 12.1 Å². The lowest BCUT2D eigenvalue weighted by Crippen LogP contribution is -2.25. The van der Waals surface area contributed by atoms with Crippen LogP contribution in [0.1, 0.15) is 11.1 Å². The van der Waals surface area contributed by atoms with E-state index in [9.17, 15) is 4.79 Å². The van der Waals surface area contributed by atoms with E-state index in [-0.39, 0.29) is 5.56 Å². The number of ether oxygens (including phenoxy) is 2. The van der Waals surface area contributed by atoms with E-state index in [4.69, 9.17) is 9.47 Å². The zero-order valence-electron chi connectivity index (χ0n) is 12.7. The molecule has 0 saturated carbocycles. The van der Waals surface area contributed by atoms with Crippen LogP contribution in [0.5, 0.6) is 11.5 Å². The van der Waals surface area contributed by atoms with Gasteiger partial charge in [-0.1, -0.05) is 35.0 Å². The molecular formula is C17H15N3O3. The normalized spacial score (nSPS) is 13.3. The zero-order valence-corrected chi connectivity index (χ0v) is 12.7. The van der Waals surface area contributed by atoms with Gasteiger partial charge in [-0.15, -0.1) is 5.10 Å². The molecule has 0 amide bonds. The number of rotatable bonds is 2. The molecule has 0 fully saturated rings. The Morgan fingerprint density at radius 1 is 1.09 bits per heavy atom. The van der Waals surface area contributed by atoms with Gasteiger partial charge in [0, 0.05) is 6.07 Å². The van der Waals surface area contributed by atoms with Crippen molar-refractivity contribution in [3.05, 3.63) is 57.9 Å². The fraction of sp³-hybridized carbons (Fsp3) is 0.235. The summed E-state index contributed by atoms with van der Waals surface area (Å²) >= 11 is 0. The number of aryl methyl sites for hydroxylation is 1. The second-order valence-corrected chi connectivity index (χ2v) is 5.55. The molecule has 3 aromatic rings. The Balaban J connectivity index is 1.78. The van der Waals surface area contributed by atoms with Crippen LogP contribution < -0.4 is 15.0 Å². The molecule has 0 bridgehead atoms. The van der Waals surface area contributed by atoms with Gasteiger partial charge in [0.15, 0.2) is 11.5 Å². The summed E-state index contributed by atoms with van der Waals surface area (Å²) in [5, 5.41) is 8.65. The van der Waals surface area contributed by atoms with Crippen molar-refractivity contribution >= 4 is 10.9 Å². The molecule has 0 saturated heterocycles. The minimum absolute atomic E-state index is 0.187. The van der Waals surface area contributed by atoms with Crippen molar-refractivity contribution in [3.63, 3.8) is 0 Å². The monoisotopic (exact) mass is 309 g/mol. The minimum atomic E-state index is -0.187. The first-order chi connectivity index (χ1) is 11.2. The molecule has 0 N–H and O–H groups in total. The second kappa shape index (κ2) is 5.39. The molecule has 2 aromatic carbocycles. The van der Waals surface area contributed by atoms with Crippen LogP contribution in [0.3, 0.4) is 0 Å². The molecule has 1 aliphatic heterocycles. The van der Waals surface area contributed by atoms with Gasteiger partial charge in [-0.3, -0.25) is 4.79 Å². The summed E-state index contributed by atoms with van der Waals surface area (Å²) in [6, 6.07) is 11.4. The van der Waals surface area contributed by atoms with Crippen LogP contribution in [0.15, 0.2) is 41.2 Å². The molecule has 6 nitrogen and oxygen atoms in total. The molecule has 2 heterocycles.